The van der Waals surface area contributed by atoms with Crippen LogP contribution in [0.3, 0.4) is 0 Å². The van der Waals surface area contributed by atoms with Crippen molar-refractivity contribution in [2.75, 3.05) is 19.6 Å². The number of aliphatic hydroxyl groups is 1. The molecule has 1 aliphatic rings. The maximum atomic E-state index is 13.4. The highest BCUT2D eigenvalue weighted by atomic mass is 35.5. The van der Waals surface area contributed by atoms with E-state index in [9.17, 15) is 19.5 Å². The van der Waals surface area contributed by atoms with Crippen LogP contribution in [-0.4, -0.2) is 71.1 Å². The number of nitrogens with two attached hydrogens (primary N) is 1. The average Bonchev–Trinajstić information content (AvgIpc) is 3.41. The second kappa shape index (κ2) is 13.2. The predicted molar refractivity (Wildman–Crippen MR) is 145 cm³/mol. The van der Waals surface area contributed by atoms with E-state index >= 15 is 0 Å². The molecule has 1 fully saturated rings. The largest absolute Gasteiger partial charge is 0.390 e. The van der Waals surface area contributed by atoms with E-state index in [4.69, 9.17) is 5.73 Å². The summed E-state index contributed by atoms with van der Waals surface area (Å²) in [6.07, 6.45) is 0.784. The van der Waals surface area contributed by atoms with Gasteiger partial charge in [-0.15, -0.1) is 12.4 Å². The zero-order chi connectivity index (χ0) is 25.5. The smallest absolute Gasteiger partial charge is 0.255 e. The van der Waals surface area contributed by atoms with Gasteiger partial charge < -0.3 is 26.0 Å². The molecule has 4 N–H and O–H groups in total. The van der Waals surface area contributed by atoms with E-state index in [2.05, 4.69) is 5.32 Å². The van der Waals surface area contributed by atoms with E-state index in [1.54, 1.807) is 29.2 Å². The summed E-state index contributed by atoms with van der Waals surface area (Å²) in [6, 6.07) is 21.9. The van der Waals surface area contributed by atoms with Gasteiger partial charge in [0.15, 0.2) is 0 Å². The van der Waals surface area contributed by atoms with Crippen molar-refractivity contribution in [3.05, 3.63) is 83.9 Å². The van der Waals surface area contributed by atoms with Gasteiger partial charge in [0, 0.05) is 31.6 Å². The molecule has 0 radical (unpaired) electrons. The van der Waals surface area contributed by atoms with E-state index in [1.807, 2.05) is 48.5 Å². The monoisotopic (exact) mass is 524 g/mol. The number of carbonyl (C=O) groups is 3. The van der Waals surface area contributed by atoms with E-state index in [0.29, 0.717) is 24.9 Å². The molecular weight excluding hydrogens is 492 g/mol. The minimum atomic E-state index is -0.886. The predicted octanol–water partition coefficient (Wildman–Crippen LogP) is 2.33. The number of benzene rings is 3. The number of halogens is 1. The van der Waals surface area contributed by atoms with Crippen molar-refractivity contribution < 1.29 is 19.5 Å². The Bertz CT molecular complexity index is 1210. The maximum absolute atomic E-state index is 13.4. The molecule has 1 heterocycles. The third-order valence-electron chi connectivity index (χ3n) is 6.66. The van der Waals surface area contributed by atoms with Gasteiger partial charge in [-0.1, -0.05) is 60.7 Å². The summed E-state index contributed by atoms with van der Waals surface area (Å²) in [5.41, 5.74) is 6.92. The van der Waals surface area contributed by atoms with Gasteiger partial charge in [0.1, 0.15) is 12.2 Å². The number of likely N-dealkylation sites (tertiary alicyclic amines) is 1. The van der Waals surface area contributed by atoms with E-state index in [1.165, 1.54) is 4.90 Å². The van der Waals surface area contributed by atoms with Crippen LogP contribution in [0.15, 0.2) is 72.8 Å². The molecule has 0 spiro atoms. The SMILES string of the molecule is Cl.NCC(O)CNC(=O)[C@@H](Cc1ccc2ccccc2c1)N(C=O)C1CCCN1C(=O)c1ccccc1. The van der Waals surface area contributed by atoms with Crippen LogP contribution >= 0.6 is 12.4 Å². The highest BCUT2D eigenvalue weighted by Gasteiger charge is 2.39. The molecule has 3 aromatic carbocycles. The molecule has 3 amide bonds. The van der Waals surface area contributed by atoms with Gasteiger partial charge in [0.2, 0.25) is 12.3 Å². The number of nitrogens with zero attached hydrogens (tertiary/aromatic N) is 2. The summed E-state index contributed by atoms with van der Waals surface area (Å²) in [7, 11) is 0. The van der Waals surface area contributed by atoms with Crippen molar-refractivity contribution >= 4 is 41.4 Å². The summed E-state index contributed by atoms with van der Waals surface area (Å²) < 4.78 is 0. The van der Waals surface area contributed by atoms with Crippen LogP contribution in [0.25, 0.3) is 10.8 Å². The summed E-state index contributed by atoms with van der Waals surface area (Å²) in [5, 5.41) is 14.7. The number of carbonyl (C=O) groups excluding carboxylic acids is 3. The molecule has 3 atom stereocenters. The van der Waals surface area contributed by atoms with Gasteiger partial charge in [0.25, 0.3) is 5.91 Å². The molecule has 3 aromatic rings. The lowest BCUT2D eigenvalue weighted by molar-refractivity contribution is -0.137. The first-order valence-corrected chi connectivity index (χ1v) is 12.2. The molecule has 1 aliphatic heterocycles. The zero-order valence-corrected chi connectivity index (χ0v) is 21.3. The van der Waals surface area contributed by atoms with Crippen LogP contribution < -0.4 is 11.1 Å². The Morgan fingerprint density at radius 3 is 2.49 bits per heavy atom. The van der Waals surface area contributed by atoms with Crippen LogP contribution in [0.2, 0.25) is 0 Å². The Hall–Kier alpha value is -3.46. The third-order valence-corrected chi connectivity index (χ3v) is 6.66. The van der Waals surface area contributed by atoms with Crippen molar-refractivity contribution in [1.82, 2.24) is 15.1 Å². The van der Waals surface area contributed by atoms with Crippen LogP contribution in [0, 0.1) is 0 Å². The van der Waals surface area contributed by atoms with Gasteiger partial charge >= 0.3 is 0 Å². The summed E-state index contributed by atoms with van der Waals surface area (Å²) in [4.78, 5) is 42.2. The lowest BCUT2D eigenvalue weighted by Crippen LogP contribution is -2.57. The number of hydrogen-bond acceptors (Lipinski definition) is 5. The summed E-state index contributed by atoms with van der Waals surface area (Å²) in [5.74, 6) is -0.574. The molecule has 0 saturated carbocycles. The molecular formula is C28H33ClN4O4. The molecule has 8 nitrogen and oxygen atoms in total. The quantitative estimate of drug-likeness (QED) is 0.352. The van der Waals surface area contributed by atoms with Crippen LogP contribution in [0.4, 0.5) is 0 Å². The summed E-state index contributed by atoms with van der Waals surface area (Å²) >= 11 is 0. The Morgan fingerprint density at radius 2 is 1.78 bits per heavy atom. The average molecular weight is 525 g/mol. The van der Waals surface area contributed by atoms with Gasteiger partial charge in [-0.3, -0.25) is 14.4 Å². The Labute approximate surface area is 222 Å². The first-order valence-electron chi connectivity index (χ1n) is 12.2. The number of fused-ring (bicyclic) bond motifs is 1. The fraction of sp³-hybridized carbons (Fsp3) is 0.321. The Morgan fingerprint density at radius 1 is 1.08 bits per heavy atom. The lowest BCUT2D eigenvalue weighted by atomic mass is 9.99. The van der Waals surface area contributed by atoms with Crippen LogP contribution in [-0.2, 0) is 16.0 Å². The molecule has 0 aliphatic carbocycles. The Kier molecular flexibility index (Phi) is 10.0. The number of rotatable bonds is 10. The van der Waals surface area contributed by atoms with Gasteiger partial charge in [-0.05, 0) is 41.3 Å². The Balaban J connectivity index is 0.00000380. The lowest BCUT2D eigenvalue weighted by Gasteiger charge is -2.37. The number of amides is 3. The van der Waals surface area contributed by atoms with E-state index in [0.717, 1.165) is 22.8 Å². The van der Waals surface area contributed by atoms with Gasteiger partial charge in [-0.25, -0.2) is 0 Å². The standard InChI is InChI=1S/C28H32N4O4.ClH/c29-17-24(34)18-30-27(35)25(16-20-12-13-21-7-4-5-10-23(21)15-20)32(19-33)26-11-6-14-31(26)28(36)22-8-2-1-3-9-22;/h1-5,7-10,12-13,15,19,24-26,34H,6,11,14,16-18,29H2,(H,30,35);1H/t24?,25-,26?;/m1./s1. The minimum absolute atomic E-state index is 0. The fourth-order valence-corrected chi connectivity index (χ4v) is 4.74. The van der Waals surface area contributed by atoms with E-state index < -0.39 is 24.2 Å². The minimum Gasteiger partial charge on any atom is -0.390 e. The number of aliphatic hydroxyl groups excluding tert-OH is 1. The molecule has 1 saturated heterocycles. The molecule has 9 heteroatoms. The fourth-order valence-electron chi connectivity index (χ4n) is 4.74. The van der Waals surface area contributed by atoms with Crippen molar-refractivity contribution in [2.24, 2.45) is 5.73 Å². The van der Waals surface area contributed by atoms with Crippen molar-refractivity contribution in [2.45, 2.75) is 37.6 Å². The summed E-state index contributed by atoms with van der Waals surface area (Å²) in [6.45, 7) is 0.488. The molecule has 0 aromatic heterocycles. The molecule has 4 rings (SSSR count). The normalized spacial score (nSPS) is 16.5. The van der Waals surface area contributed by atoms with Crippen molar-refractivity contribution in [1.29, 1.82) is 0 Å². The second-order valence-corrected chi connectivity index (χ2v) is 9.08. The van der Waals surface area contributed by atoms with Gasteiger partial charge in [-0.2, -0.15) is 0 Å². The molecule has 196 valence electrons. The highest BCUT2D eigenvalue weighted by Crippen LogP contribution is 2.26. The topological polar surface area (TPSA) is 116 Å². The second-order valence-electron chi connectivity index (χ2n) is 9.08. The third kappa shape index (κ3) is 6.65. The number of nitrogens with one attached hydrogen (secondary N) is 1. The van der Waals surface area contributed by atoms with Crippen LogP contribution in [0.5, 0.6) is 0 Å². The molecule has 2 unspecified atom stereocenters. The molecule has 0 bridgehead atoms. The molecule has 37 heavy (non-hydrogen) atoms. The van der Waals surface area contributed by atoms with Crippen LogP contribution in [0.1, 0.15) is 28.8 Å². The first kappa shape index (κ1) is 28.1. The maximum Gasteiger partial charge on any atom is 0.255 e. The first-order chi connectivity index (χ1) is 17.5. The highest BCUT2D eigenvalue weighted by molar-refractivity contribution is 5.95. The zero-order valence-electron chi connectivity index (χ0n) is 20.5. The van der Waals surface area contributed by atoms with Crippen molar-refractivity contribution in [3.63, 3.8) is 0 Å². The van der Waals surface area contributed by atoms with E-state index in [-0.39, 0.29) is 37.8 Å². The number of hydrogen-bond donors (Lipinski definition) is 3. The van der Waals surface area contributed by atoms with Crippen molar-refractivity contribution in [3.8, 4) is 0 Å². The van der Waals surface area contributed by atoms with Gasteiger partial charge in [0.05, 0.1) is 6.10 Å².